The first-order chi connectivity index (χ1) is 8.43. The first kappa shape index (κ1) is 16.6. The lowest BCUT2D eigenvalue weighted by atomic mass is 10.2. The van der Waals surface area contributed by atoms with E-state index in [-0.39, 0.29) is 10.3 Å². The third kappa shape index (κ3) is 4.55. The van der Waals surface area contributed by atoms with Crippen LogP contribution in [0.15, 0.2) is 24.3 Å². The van der Waals surface area contributed by atoms with Crippen molar-refractivity contribution in [3.8, 4) is 0 Å². The van der Waals surface area contributed by atoms with Gasteiger partial charge in [-0.05, 0) is 35.8 Å². The average Bonchev–Trinajstić information content (AvgIpc) is 2.24. The second-order valence-corrected chi connectivity index (χ2v) is 12.7. The van der Waals surface area contributed by atoms with E-state index in [0.717, 1.165) is 5.56 Å². The average molecular weight is 302 g/mol. The largest absolute Gasteiger partial charge is 0.413 e. The standard InChI is InChI=1S/C13H23O4PSi/c1-13(2,3)19(4,5)17-10-11-6-8-12(9-7-11)18(14,15)16/h6-9H,10H2,1-5H3,(H2,14,15,16). The van der Waals surface area contributed by atoms with Crippen LogP contribution in [0.4, 0.5) is 0 Å². The smallest absolute Gasteiger partial charge is 0.356 e. The lowest BCUT2D eigenvalue weighted by Crippen LogP contribution is -2.40. The Hall–Kier alpha value is -0.453. The van der Waals surface area contributed by atoms with Crippen LogP contribution in [0.5, 0.6) is 0 Å². The van der Waals surface area contributed by atoms with E-state index in [4.69, 9.17) is 14.2 Å². The molecular weight excluding hydrogens is 279 g/mol. The summed E-state index contributed by atoms with van der Waals surface area (Å²) in [6, 6.07) is 6.35. The molecule has 0 saturated carbocycles. The Kier molecular flexibility index (Phi) is 4.81. The van der Waals surface area contributed by atoms with Crippen molar-refractivity contribution in [2.24, 2.45) is 0 Å². The maximum Gasteiger partial charge on any atom is 0.356 e. The van der Waals surface area contributed by atoms with Gasteiger partial charge in [0.1, 0.15) is 0 Å². The van der Waals surface area contributed by atoms with Crippen LogP contribution in [0.25, 0.3) is 0 Å². The number of benzene rings is 1. The van der Waals surface area contributed by atoms with Crippen molar-refractivity contribution >= 4 is 21.2 Å². The van der Waals surface area contributed by atoms with Crippen molar-refractivity contribution in [1.29, 1.82) is 0 Å². The van der Waals surface area contributed by atoms with E-state index in [1.807, 2.05) is 0 Å². The van der Waals surface area contributed by atoms with Crippen LogP contribution < -0.4 is 5.30 Å². The SMILES string of the molecule is CC(C)(C)[Si](C)(C)OCc1ccc(P(=O)(O)O)cc1. The molecule has 1 aromatic carbocycles. The van der Waals surface area contributed by atoms with Crippen LogP contribution in [0, 0.1) is 0 Å². The molecule has 0 atom stereocenters. The van der Waals surface area contributed by atoms with E-state index in [1.165, 1.54) is 12.1 Å². The van der Waals surface area contributed by atoms with E-state index in [9.17, 15) is 4.57 Å². The quantitative estimate of drug-likeness (QED) is 0.663. The molecule has 0 radical (unpaired) electrons. The zero-order valence-corrected chi connectivity index (χ0v) is 14.1. The third-order valence-electron chi connectivity index (χ3n) is 3.68. The number of hydrogen-bond acceptors (Lipinski definition) is 2. The molecule has 0 heterocycles. The highest BCUT2D eigenvalue weighted by molar-refractivity contribution is 7.60. The fourth-order valence-corrected chi connectivity index (χ4v) is 2.76. The Morgan fingerprint density at radius 3 is 2.00 bits per heavy atom. The second kappa shape index (κ2) is 5.50. The minimum atomic E-state index is -4.15. The van der Waals surface area contributed by atoms with Crippen LogP contribution in [-0.2, 0) is 15.6 Å². The Morgan fingerprint density at radius 1 is 1.16 bits per heavy atom. The molecular formula is C13H23O4PSi. The van der Waals surface area contributed by atoms with Crippen LogP contribution in [0.3, 0.4) is 0 Å². The summed E-state index contributed by atoms with van der Waals surface area (Å²) >= 11 is 0. The molecule has 0 aliphatic carbocycles. The topological polar surface area (TPSA) is 66.8 Å². The molecule has 6 heteroatoms. The van der Waals surface area contributed by atoms with Gasteiger partial charge in [-0.1, -0.05) is 32.9 Å². The van der Waals surface area contributed by atoms with Gasteiger partial charge in [0.25, 0.3) is 0 Å². The lowest BCUT2D eigenvalue weighted by Gasteiger charge is -2.36. The van der Waals surface area contributed by atoms with Gasteiger partial charge in [0.15, 0.2) is 8.32 Å². The maximum absolute atomic E-state index is 11.1. The van der Waals surface area contributed by atoms with E-state index in [0.29, 0.717) is 6.61 Å². The second-order valence-electron chi connectivity index (χ2n) is 6.26. The van der Waals surface area contributed by atoms with Crippen LogP contribution >= 0.6 is 7.60 Å². The Morgan fingerprint density at radius 2 is 1.63 bits per heavy atom. The summed E-state index contributed by atoms with van der Waals surface area (Å²) in [7, 11) is -5.94. The lowest BCUT2D eigenvalue weighted by molar-refractivity contribution is 0.276. The maximum atomic E-state index is 11.1. The molecule has 0 fully saturated rings. The van der Waals surface area contributed by atoms with Crippen LogP contribution in [0.1, 0.15) is 26.3 Å². The summed E-state index contributed by atoms with van der Waals surface area (Å²) < 4.78 is 17.1. The van der Waals surface area contributed by atoms with Gasteiger partial charge in [0.05, 0.1) is 11.9 Å². The molecule has 1 aromatic rings. The summed E-state index contributed by atoms with van der Waals surface area (Å²) in [5, 5.41) is 0.197. The van der Waals surface area contributed by atoms with Crippen LogP contribution in [0.2, 0.25) is 18.1 Å². The monoisotopic (exact) mass is 302 g/mol. The minimum absolute atomic E-state index is 0.0450. The van der Waals surface area contributed by atoms with Gasteiger partial charge in [-0.25, -0.2) is 0 Å². The van der Waals surface area contributed by atoms with Gasteiger partial charge in [-0.15, -0.1) is 0 Å². The van der Waals surface area contributed by atoms with Gasteiger partial charge >= 0.3 is 7.60 Å². The molecule has 0 amide bonds. The Balaban J connectivity index is 2.73. The van der Waals surface area contributed by atoms with E-state index < -0.39 is 15.9 Å². The molecule has 0 spiro atoms. The molecule has 0 aliphatic heterocycles. The molecule has 0 saturated heterocycles. The summed E-state index contributed by atoms with van der Waals surface area (Å²) in [6.45, 7) is 11.4. The van der Waals surface area contributed by atoms with Gasteiger partial charge in [-0.3, -0.25) is 4.57 Å². The predicted octanol–water partition coefficient (Wildman–Crippen LogP) is 3.01. The highest BCUT2D eigenvalue weighted by Gasteiger charge is 2.37. The number of rotatable bonds is 4. The van der Waals surface area contributed by atoms with E-state index >= 15 is 0 Å². The molecule has 0 aliphatic rings. The normalized spacial score (nSPS) is 13.6. The molecule has 4 nitrogen and oxygen atoms in total. The summed E-state index contributed by atoms with van der Waals surface area (Å²) in [5.74, 6) is 0. The Bertz CT molecular complexity index is 470. The first-order valence-corrected chi connectivity index (χ1v) is 10.7. The summed E-state index contributed by atoms with van der Waals surface area (Å²) in [4.78, 5) is 18.1. The van der Waals surface area contributed by atoms with Crippen molar-refractivity contribution in [1.82, 2.24) is 0 Å². The highest BCUT2D eigenvalue weighted by Crippen LogP contribution is 2.37. The minimum Gasteiger partial charge on any atom is -0.413 e. The third-order valence-corrected chi connectivity index (χ3v) is 9.13. The van der Waals surface area contributed by atoms with Crippen molar-refractivity contribution in [3.05, 3.63) is 29.8 Å². The highest BCUT2D eigenvalue weighted by atomic mass is 31.2. The molecule has 19 heavy (non-hydrogen) atoms. The zero-order valence-electron chi connectivity index (χ0n) is 12.2. The Labute approximate surface area is 116 Å². The van der Waals surface area contributed by atoms with Gasteiger partial charge in [0, 0.05) is 0 Å². The molecule has 0 bridgehead atoms. The van der Waals surface area contributed by atoms with Crippen molar-refractivity contribution in [2.75, 3.05) is 0 Å². The van der Waals surface area contributed by atoms with Crippen molar-refractivity contribution in [3.63, 3.8) is 0 Å². The van der Waals surface area contributed by atoms with E-state index in [2.05, 4.69) is 33.9 Å². The van der Waals surface area contributed by atoms with Crippen LogP contribution in [-0.4, -0.2) is 18.1 Å². The van der Waals surface area contributed by atoms with Crippen molar-refractivity contribution < 1.29 is 18.8 Å². The molecule has 1 rings (SSSR count). The summed E-state index contributed by atoms with van der Waals surface area (Å²) in [6.07, 6.45) is 0. The molecule has 2 N–H and O–H groups in total. The summed E-state index contributed by atoms with van der Waals surface area (Å²) in [5.41, 5.74) is 0.932. The van der Waals surface area contributed by atoms with Gasteiger partial charge in [-0.2, -0.15) is 0 Å². The zero-order chi connectivity index (χ0) is 14.9. The molecule has 0 aromatic heterocycles. The van der Waals surface area contributed by atoms with E-state index in [1.54, 1.807) is 12.1 Å². The fourth-order valence-electron chi connectivity index (χ4n) is 1.27. The molecule has 0 unspecified atom stereocenters. The predicted molar refractivity (Wildman–Crippen MR) is 80.1 cm³/mol. The molecule has 108 valence electrons. The van der Waals surface area contributed by atoms with Gasteiger partial charge in [0.2, 0.25) is 0 Å². The van der Waals surface area contributed by atoms with Crippen molar-refractivity contribution in [2.45, 2.75) is 45.5 Å². The fraction of sp³-hybridized carbons (Fsp3) is 0.538. The van der Waals surface area contributed by atoms with Gasteiger partial charge < -0.3 is 14.2 Å². The number of hydrogen-bond donors (Lipinski definition) is 2. The first-order valence-electron chi connectivity index (χ1n) is 6.22.